The van der Waals surface area contributed by atoms with Gasteiger partial charge in [0.2, 0.25) is 15.9 Å². The number of rotatable bonds is 5. The molecule has 1 fully saturated rings. The van der Waals surface area contributed by atoms with Crippen molar-refractivity contribution in [1.82, 2.24) is 9.62 Å². The molecule has 11 heteroatoms. The Bertz CT molecular complexity index is 1260. The quantitative estimate of drug-likeness (QED) is 0.656. The topological polar surface area (TPSA) is 99.5 Å². The molecule has 0 radical (unpaired) electrons. The molecule has 0 saturated carbocycles. The molecule has 7 nitrogen and oxygen atoms in total. The second-order valence-corrected chi connectivity index (χ2v) is 10.5. The van der Waals surface area contributed by atoms with Gasteiger partial charge >= 0.3 is 6.18 Å². The zero-order chi connectivity index (χ0) is 25.2. The molecule has 2 atom stereocenters. The number of carbonyl (C=O) groups excluding carboxylic acids is 1. The maximum Gasteiger partial charge on any atom is 0.416 e. The maximum absolute atomic E-state index is 13.3. The lowest BCUT2D eigenvalue weighted by Gasteiger charge is -2.35. The Morgan fingerprint density at radius 3 is 2.71 bits per heavy atom. The second kappa shape index (κ2) is 9.87. The minimum Gasteiger partial charge on any atom is -0.493 e. The van der Waals surface area contributed by atoms with Crippen LogP contribution in [-0.4, -0.2) is 37.8 Å². The first-order valence-corrected chi connectivity index (χ1v) is 12.7. The van der Waals surface area contributed by atoms with Gasteiger partial charge in [0.1, 0.15) is 5.75 Å². The Hall–Kier alpha value is -3.10. The van der Waals surface area contributed by atoms with Crippen molar-refractivity contribution >= 4 is 15.9 Å². The van der Waals surface area contributed by atoms with E-state index in [1.54, 1.807) is 18.2 Å². The number of amides is 1. The summed E-state index contributed by atoms with van der Waals surface area (Å²) in [5.74, 6) is 0.162. The monoisotopic (exact) mass is 507 g/mol. The summed E-state index contributed by atoms with van der Waals surface area (Å²) in [4.78, 5) is 12.5. The van der Waals surface area contributed by atoms with Crippen LogP contribution in [0.1, 0.15) is 54.8 Å². The van der Waals surface area contributed by atoms with Crippen LogP contribution >= 0.6 is 0 Å². The average molecular weight is 508 g/mol. The zero-order valence-corrected chi connectivity index (χ0v) is 19.5. The number of nitrogens with one attached hydrogen (secondary N) is 1. The van der Waals surface area contributed by atoms with Gasteiger partial charge in [-0.05, 0) is 43.2 Å². The molecule has 0 spiro atoms. The van der Waals surface area contributed by atoms with Crippen molar-refractivity contribution in [3.8, 4) is 11.8 Å². The van der Waals surface area contributed by atoms with E-state index in [1.807, 2.05) is 6.07 Å². The van der Waals surface area contributed by atoms with E-state index in [0.717, 1.165) is 28.1 Å². The van der Waals surface area contributed by atoms with Gasteiger partial charge in [-0.25, -0.2) is 8.42 Å². The highest BCUT2D eigenvalue weighted by Crippen LogP contribution is 2.35. The van der Waals surface area contributed by atoms with E-state index in [1.165, 1.54) is 0 Å². The molecule has 2 aromatic rings. The van der Waals surface area contributed by atoms with Crippen molar-refractivity contribution in [2.24, 2.45) is 0 Å². The third-order valence-corrected chi connectivity index (χ3v) is 8.23. The summed E-state index contributed by atoms with van der Waals surface area (Å²) in [6.07, 6.45) is -2.56. The highest BCUT2D eigenvalue weighted by molar-refractivity contribution is 7.89. The zero-order valence-electron chi connectivity index (χ0n) is 18.7. The Morgan fingerprint density at radius 1 is 1.17 bits per heavy atom. The lowest BCUT2D eigenvalue weighted by molar-refractivity contribution is -0.137. The summed E-state index contributed by atoms with van der Waals surface area (Å²) >= 11 is 0. The molecule has 1 amide bonds. The molecule has 1 saturated heterocycles. The van der Waals surface area contributed by atoms with Crippen LogP contribution in [0.4, 0.5) is 13.2 Å². The highest BCUT2D eigenvalue weighted by Gasteiger charge is 2.37. The molecule has 1 unspecified atom stereocenters. The Morgan fingerprint density at radius 2 is 1.97 bits per heavy atom. The molecule has 0 aliphatic carbocycles. The largest absolute Gasteiger partial charge is 0.493 e. The van der Waals surface area contributed by atoms with E-state index in [-0.39, 0.29) is 24.9 Å². The van der Waals surface area contributed by atoms with Crippen LogP contribution in [0, 0.1) is 11.3 Å². The molecule has 2 aromatic carbocycles. The number of nitriles is 1. The lowest BCUT2D eigenvalue weighted by atomic mass is 9.97. The smallest absolute Gasteiger partial charge is 0.416 e. The molecular weight excluding hydrogens is 483 g/mol. The molecule has 186 valence electrons. The molecule has 2 aliphatic heterocycles. The number of nitrogens with zero attached hydrogens (tertiary/aromatic N) is 2. The van der Waals surface area contributed by atoms with E-state index < -0.39 is 32.7 Å². The van der Waals surface area contributed by atoms with Crippen LogP contribution in [0.15, 0.2) is 47.4 Å². The predicted octanol–water partition coefficient (Wildman–Crippen LogP) is 4.15. The van der Waals surface area contributed by atoms with Gasteiger partial charge in [0, 0.05) is 31.0 Å². The molecule has 2 aliphatic rings. The fraction of sp³-hybridized carbons (Fsp3) is 0.417. The van der Waals surface area contributed by atoms with Crippen LogP contribution in [0.3, 0.4) is 0 Å². The van der Waals surface area contributed by atoms with Gasteiger partial charge in [0.15, 0.2) is 0 Å². The Labute approximate surface area is 201 Å². The molecular formula is C24H24F3N3O4S. The molecule has 0 aromatic heterocycles. The van der Waals surface area contributed by atoms with Crippen molar-refractivity contribution in [2.45, 2.75) is 55.3 Å². The van der Waals surface area contributed by atoms with E-state index in [0.29, 0.717) is 49.7 Å². The standard InChI is InChI=1S/C24H24F3N3O4S/c25-24(26,27)17-4-3-6-19(13-17)35(32,33)30-10-2-1-5-18(30)14-23(31)29-21-9-11-34-22-12-16(15-28)7-8-20(21)22/h3-4,6-8,12-13,18,21H,1-2,5,9-11,14H2,(H,29,31)/t18?,21-/m1/s1. The third kappa shape index (κ3) is 5.44. The van der Waals surface area contributed by atoms with Crippen LogP contribution in [0.5, 0.6) is 5.75 Å². The van der Waals surface area contributed by atoms with Gasteiger partial charge in [-0.1, -0.05) is 18.6 Å². The van der Waals surface area contributed by atoms with Crippen molar-refractivity contribution < 1.29 is 31.1 Å². The summed E-state index contributed by atoms with van der Waals surface area (Å²) in [6, 6.07) is 9.67. The first-order chi connectivity index (χ1) is 16.6. The van der Waals surface area contributed by atoms with Gasteiger partial charge in [0.05, 0.1) is 34.7 Å². The predicted molar refractivity (Wildman–Crippen MR) is 120 cm³/mol. The normalized spacial score (nSPS) is 20.9. The summed E-state index contributed by atoms with van der Waals surface area (Å²) < 4.78 is 72.7. The molecule has 2 heterocycles. The van der Waals surface area contributed by atoms with Crippen molar-refractivity contribution in [3.05, 3.63) is 59.2 Å². The second-order valence-electron chi connectivity index (χ2n) is 8.62. The Balaban J connectivity index is 1.50. The number of carbonyl (C=O) groups is 1. The maximum atomic E-state index is 13.3. The summed E-state index contributed by atoms with van der Waals surface area (Å²) in [7, 11) is -4.23. The summed E-state index contributed by atoms with van der Waals surface area (Å²) in [5, 5.41) is 12.0. The van der Waals surface area contributed by atoms with Gasteiger partial charge in [0.25, 0.3) is 0 Å². The number of piperidine rings is 1. The van der Waals surface area contributed by atoms with Crippen molar-refractivity contribution in [3.63, 3.8) is 0 Å². The van der Waals surface area contributed by atoms with E-state index >= 15 is 0 Å². The van der Waals surface area contributed by atoms with Gasteiger partial charge in [-0.15, -0.1) is 0 Å². The fourth-order valence-electron chi connectivity index (χ4n) is 4.54. The lowest BCUT2D eigenvalue weighted by Crippen LogP contribution is -2.46. The number of fused-ring (bicyclic) bond motifs is 1. The Kier molecular flexibility index (Phi) is 7.05. The van der Waals surface area contributed by atoms with Gasteiger partial charge in [-0.2, -0.15) is 22.7 Å². The molecule has 0 bridgehead atoms. The van der Waals surface area contributed by atoms with Gasteiger partial charge in [-0.3, -0.25) is 4.79 Å². The van der Waals surface area contributed by atoms with Crippen LogP contribution in [-0.2, 0) is 21.0 Å². The fourth-order valence-corrected chi connectivity index (χ4v) is 6.28. The highest BCUT2D eigenvalue weighted by atomic mass is 32.2. The van der Waals surface area contributed by atoms with Gasteiger partial charge < -0.3 is 10.1 Å². The van der Waals surface area contributed by atoms with Crippen LogP contribution < -0.4 is 10.1 Å². The molecule has 35 heavy (non-hydrogen) atoms. The number of ether oxygens (including phenoxy) is 1. The minimum atomic E-state index is -4.67. The van der Waals surface area contributed by atoms with E-state index in [9.17, 15) is 26.4 Å². The van der Waals surface area contributed by atoms with Crippen LogP contribution in [0.25, 0.3) is 0 Å². The van der Waals surface area contributed by atoms with E-state index in [4.69, 9.17) is 10.00 Å². The number of sulfonamides is 1. The number of hydrogen-bond donors (Lipinski definition) is 1. The number of halogens is 3. The number of hydrogen-bond acceptors (Lipinski definition) is 5. The first-order valence-electron chi connectivity index (χ1n) is 11.2. The first kappa shape index (κ1) is 25.0. The molecule has 1 N–H and O–H groups in total. The van der Waals surface area contributed by atoms with E-state index in [2.05, 4.69) is 5.32 Å². The van der Waals surface area contributed by atoms with Crippen molar-refractivity contribution in [2.75, 3.05) is 13.2 Å². The summed E-state index contributed by atoms with van der Waals surface area (Å²) in [6.45, 7) is 0.486. The SMILES string of the molecule is N#Cc1ccc2c(c1)OCC[C@H]2NC(=O)CC1CCCCN1S(=O)(=O)c1cccc(C(F)(F)F)c1. The molecule has 4 rings (SSSR count). The number of benzene rings is 2. The minimum absolute atomic E-state index is 0.110. The average Bonchev–Trinajstić information content (AvgIpc) is 2.83. The van der Waals surface area contributed by atoms with Crippen molar-refractivity contribution in [1.29, 1.82) is 5.26 Å². The number of alkyl halides is 3. The summed E-state index contributed by atoms with van der Waals surface area (Å²) in [5.41, 5.74) is 0.136. The third-order valence-electron chi connectivity index (χ3n) is 6.28. The van der Waals surface area contributed by atoms with Crippen LogP contribution in [0.2, 0.25) is 0 Å².